The number of likely N-dealkylation sites (tertiary alicyclic amines) is 1. The number of aromatic nitrogens is 1. The van der Waals surface area contributed by atoms with Crippen molar-refractivity contribution in [2.24, 2.45) is 0 Å². The molecule has 0 spiro atoms. The standard InChI is InChI=1S/C30H36N4O/c1-4-33-19-5-6-27(33)21-32-30(35)16-13-26-12-15-29(28-14-7-22(2)20-23(28)3)34(26)25-10-8-24(9-11-25)17-18-31/h7-12,14-15,20,27H,4-6,13,16-17,19,21H2,1-3H3,(H,32,35). The molecule has 5 nitrogen and oxygen atoms in total. The summed E-state index contributed by atoms with van der Waals surface area (Å²) in [6.45, 7) is 9.36. The Hall–Kier alpha value is -3.36. The molecule has 0 bridgehead atoms. The number of carbonyl (C=O) groups excluding carboxylic acids is 1. The Morgan fingerprint density at radius 1 is 1.11 bits per heavy atom. The van der Waals surface area contributed by atoms with Crippen molar-refractivity contribution in [1.82, 2.24) is 14.8 Å². The highest BCUT2D eigenvalue weighted by Gasteiger charge is 2.23. The number of nitrogens with one attached hydrogen (secondary N) is 1. The molecule has 0 radical (unpaired) electrons. The number of carbonyl (C=O) groups is 1. The molecule has 2 heterocycles. The zero-order valence-electron chi connectivity index (χ0n) is 21.2. The minimum absolute atomic E-state index is 0.109. The summed E-state index contributed by atoms with van der Waals surface area (Å²) in [6, 6.07) is 21.7. The van der Waals surface area contributed by atoms with E-state index in [1.165, 1.54) is 23.1 Å². The first-order valence-corrected chi connectivity index (χ1v) is 12.8. The predicted molar refractivity (Wildman–Crippen MR) is 142 cm³/mol. The molecule has 5 heteroatoms. The third-order valence-electron chi connectivity index (χ3n) is 7.15. The Kier molecular flexibility index (Phi) is 8.05. The summed E-state index contributed by atoms with van der Waals surface area (Å²) < 4.78 is 2.26. The van der Waals surface area contributed by atoms with Gasteiger partial charge in [0.05, 0.1) is 18.2 Å². The van der Waals surface area contributed by atoms with Crippen molar-refractivity contribution in [3.8, 4) is 23.0 Å². The van der Waals surface area contributed by atoms with E-state index in [2.05, 4.69) is 84.1 Å². The molecule has 182 valence electrons. The number of nitriles is 1. The first-order chi connectivity index (χ1) is 17.0. The van der Waals surface area contributed by atoms with Crippen LogP contribution in [0.4, 0.5) is 0 Å². The lowest BCUT2D eigenvalue weighted by Crippen LogP contribution is -2.40. The van der Waals surface area contributed by atoms with Crippen LogP contribution in [-0.2, 0) is 17.6 Å². The SMILES string of the molecule is CCN1CCCC1CNC(=O)CCc1ccc(-c2ccc(C)cc2C)n1-c1ccc(CC#N)cc1. The predicted octanol–water partition coefficient (Wildman–Crippen LogP) is 5.36. The van der Waals surface area contributed by atoms with Gasteiger partial charge in [-0.15, -0.1) is 0 Å². The van der Waals surface area contributed by atoms with Crippen LogP contribution in [0.1, 0.15) is 48.6 Å². The maximum absolute atomic E-state index is 12.7. The molecule has 0 saturated carbocycles. The normalized spacial score (nSPS) is 15.8. The van der Waals surface area contributed by atoms with Gasteiger partial charge in [-0.2, -0.15) is 5.26 Å². The van der Waals surface area contributed by atoms with Gasteiger partial charge >= 0.3 is 0 Å². The van der Waals surface area contributed by atoms with E-state index < -0.39 is 0 Å². The van der Waals surface area contributed by atoms with Gasteiger partial charge in [0.1, 0.15) is 0 Å². The number of aryl methyl sites for hydroxylation is 3. The Bertz CT molecular complexity index is 1200. The molecule has 35 heavy (non-hydrogen) atoms. The smallest absolute Gasteiger partial charge is 0.220 e. The van der Waals surface area contributed by atoms with Crippen LogP contribution in [-0.4, -0.2) is 41.1 Å². The first kappa shape index (κ1) is 24.8. The second-order valence-corrected chi connectivity index (χ2v) is 9.59. The average Bonchev–Trinajstić information content (AvgIpc) is 3.49. The van der Waals surface area contributed by atoms with Crippen molar-refractivity contribution in [3.63, 3.8) is 0 Å². The molecule has 1 N–H and O–H groups in total. The van der Waals surface area contributed by atoms with Gasteiger partial charge in [-0.05, 0) is 81.6 Å². The summed E-state index contributed by atoms with van der Waals surface area (Å²) in [5.41, 5.74) is 7.94. The van der Waals surface area contributed by atoms with Crippen molar-refractivity contribution < 1.29 is 4.79 Å². The summed E-state index contributed by atoms with van der Waals surface area (Å²) in [4.78, 5) is 15.2. The van der Waals surface area contributed by atoms with Crippen molar-refractivity contribution >= 4 is 5.91 Å². The van der Waals surface area contributed by atoms with Gasteiger partial charge in [-0.3, -0.25) is 9.69 Å². The number of hydrogen-bond donors (Lipinski definition) is 1. The van der Waals surface area contributed by atoms with Crippen LogP contribution in [0.3, 0.4) is 0 Å². The quantitative estimate of drug-likeness (QED) is 0.460. The molecule has 1 aliphatic rings. The molecule has 1 atom stereocenters. The number of hydrogen-bond acceptors (Lipinski definition) is 3. The number of rotatable bonds is 9. The Balaban J connectivity index is 1.55. The lowest BCUT2D eigenvalue weighted by Gasteiger charge is -2.23. The Labute approximate surface area is 209 Å². The maximum atomic E-state index is 12.7. The molecule has 2 aromatic carbocycles. The third kappa shape index (κ3) is 5.83. The second kappa shape index (κ2) is 11.4. The molecular weight excluding hydrogens is 432 g/mol. The molecule has 1 saturated heterocycles. The van der Waals surface area contributed by atoms with Gasteiger partial charge in [0.2, 0.25) is 5.91 Å². The zero-order chi connectivity index (χ0) is 24.8. The van der Waals surface area contributed by atoms with Crippen molar-refractivity contribution in [3.05, 3.63) is 77.0 Å². The first-order valence-electron chi connectivity index (χ1n) is 12.8. The number of nitrogens with zero attached hydrogens (tertiary/aromatic N) is 3. The molecule has 1 aromatic heterocycles. The fourth-order valence-corrected chi connectivity index (χ4v) is 5.25. The molecule has 1 aliphatic heterocycles. The van der Waals surface area contributed by atoms with Gasteiger partial charge < -0.3 is 9.88 Å². The molecule has 1 fully saturated rings. The fraction of sp³-hybridized carbons (Fsp3) is 0.400. The van der Waals surface area contributed by atoms with Gasteiger partial charge in [0.25, 0.3) is 0 Å². The van der Waals surface area contributed by atoms with Gasteiger partial charge in [-0.1, -0.05) is 42.8 Å². The fourth-order valence-electron chi connectivity index (χ4n) is 5.25. The van der Waals surface area contributed by atoms with Gasteiger partial charge in [0, 0.05) is 36.0 Å². The van der Waals surface area contributed by atoms with E-state index in [-0.39, 0.29) is 5.91 Å². The van der Waals surface area contributed by atoms with Crippen LogP contribution >= 0.6 is 0 Å². The Morgan fingerprint density at radius 2 is 1.91 bits per heavy atom. The summed E-state index contributed by atoms with van der Waals surface area (Å²) in [6.07, 6.45) is 3.91. The summed E-state index contributed by atoms with van der Waals surface area (Å²) >= 11 is 0. The van der Waals surface area contributed by atoms with E-state index in [0.717, 1.165) is 48.7 Å². The van der Waals surface area contributed by atoms with E-state index in [9.17, 15) is 4.79 Å². The van der Waals surface area contributed by atoms with Crippen LogP contribution in [0, 0.1) is 25.2 Å². The van der Waals surface area contributed by atoms with E-state index in [1.807, 2.05) is 12.1 Å². The van der Waals surface area contributed by atoms with Crippen LogP contribution in [0.2, 0.25) is 0 Å². The van der Waals surface area contributed by atoms with Crippen molar-refractivity contribution in [2.45, 2.75) is 58.9 Å². The lowest BCUT2D eigenvalue weighted by atomic mass is 10.0. The molecule has 1 unspecified atom stereocenters. The van der Waals surface area contributed by atoms with Crippen LogP contribution in [0.5, 0.6) is 0 Å². The largest absolute Gasteiger partial charge is 0.355 e. The van der Waals surface area contributed by atoms with Crippen LogP contribution < -0.4 is 5.32 Å². The topological polar surface area (TPSA) is 61.1 Å². The molecule has 0 aliphatic carbocycles. The highest BCUT2D eigenvalue weighted by molar-refractivity contribution is 5.76. The highest BCUT2D eigenvalue weighted by atomic mass is 16.1. The zero-order valence-corrected chi connectivity index (χ0v) is 21.2. The van der Waals surface area contributed by atoms with E-state index in [0.29, 0.717) is 25.3 Å². The summed E-state index contributed by atoms with van der Waals surface area (Å²) in [5.74, 6) is 0.109. The number of likely N-dealkylation sites (N-methyl/N-ethyl adjacent to an activating group) is 1. The third-order valence-corrected chi connectivity index (χ3v) is 7.15. The van der Waals surface area contributed by atoms with Crippen molar-refractivity contribution in [2.75, 3.05) is 19.6 Å². The monoisotopic (exact) mass is 468 g/mol. The minimum Gasteiger partial charge on any atom is -0.355 e. The number of amides is 1. The Morgan fingerprint density at radius 3 is 2.63 bits per heavy atom. The minimum atomic E-state index is 0.109. The van der Waals surface area contributed by atoms with E-state index in [1.54, 1.807) is 0 Å². The average molecular weight is 469 g/mol. The van der Waals surface area contributed by atoms with Gasteiger partial charge in [0.15, 0.2) is 0 Å². The van der Waals surface area contributed by atoms with Crippen LogP contribution in [0.25, 0.3) is 16.9 Å². The lowest BCUT2D eigenvalue weighted by molar-refractivity contribution is -0.121. The van der Waals surface area contributed by atoms with Crippen molar-refractivity contribution in [1.29, 1.82) is 5.26 Å². The molecule has 1 amide bonds. The second-order valence-electron chi connectivity index (χ2n) is 9.59. The highest BCUT2D eigenvalue weighted by Crippen LogP contribution is 2.30. The summed E-state index contributed by atoms with van der Waals surface area (Å²) in [7, 11) is 0. The summed E-state index contributed by atoms with van der Waals surface area (Å²) in [5, 5.41) is 12.2. The van der Waals surface area contributed by atoms with Gasteiger partial charge in [-0.25, -0.2) is 0 Å². The molecule has 3 aromatic rings. The number of benzene rings is 2. The van der Waals surface area contributed by atoms with E-state index in [4.69, 9.17) is 5.26 Å². The molecular formula is C30H36N4O. The van der Waals surface area contributed by atoms with E-state index >= 15 is 0 Å². The maximum Gasteiger partial charge on any atom is 0.220 e. The molecule has 4 rings (SSSR count). The van der Waals surface area contributed by atoms with Crippen LogP contribution in [0.15, 0.2) is 54.6 Å².